The predicted octanol–water partition coefficient (Wildman–Crippen LogP) is 0.566. The van der Waals surface area contributed by atoms with Crippen molar-refractivity contribution >= 4 is 0 Å². The first-order chi connectivity index (χ1) is 7.92. The van der Waals surface area contributed by atoms with E-state index in [-0.39, 0.29) is 0 Å². The predicted molar refractivity (Wildman–Crippen MR) is 55.5 cm³/mol. The maximum Gasteiger partial charge on any atom is 0.213 e. The third-order valence-electron chi connectivity index (χ3n) is 2.65. The smallest absolute Gasteiger partial charge is 0.213 e. The summed E-state index contributed by atoms with van der Waals surface area (Å²) < 4.78 is 6.73. The van der Waals surface area contributed by atoms with Crippen molar-refractivity contribution in [2.24, 2.45) is 0 Å². The quantitative estimate of drug-likeness (QED) is 0.796. The molecular weight excluding hydrogens is 206 g/mol. The first kappa shape index (κ1) is 9.53. The molecule has 0 amide bonds. The second kappa shape index (κ2) is 4.05. The fraction of sp³-hybridized carbons (Fsp3) is 0.500. The van der Waals surface area contributed by atoms with E-state index in [2.05, 4.69) is 20.4 Å². The second-order valence-electron chi connectivity index (χ2n) is 3.97. The first-order valence-corrected chi connectivity index (χ1v) is 5.40. The van der Waals surface area contributed by atoms with Gasteiger partial charge in [0.2, 0.25) is 6.39 Å². The summed E-state index contributed by atoms with van der Waals surface area (Å²) in [5, 5.41) is 7.22. The van der Waals surface area contributed by atoms with Gasteiger partial charge in [-0.2, -0.15) is 4.98 Å². The van der Waals surface area contributed by atoms with Crippen molar-refractivity contribution in [3.8, 4) is 0 Å². The van der Waals surface area contributed by atoms with Crippen molar-refractivity contribution in [1.82, 2.24) is 25.0 Å². The van der Waals surface area contributed by atoms with Crippen molar-refractivity contribution in [1.29, 1.82) is 0 Å². The zero-order chi connectivity index (χ0) is 10.8. The molecule has 6 nitrogen and oxygen atoms in total. The Balaban J connectivity index is 1.66. The highest BCUT2D eigenvalue weighted by molar-refractivity contribution is 4.97. The molecule has 6 heteroatoms. The van der Waals surface area contributed by atoms with Crippen molar-refractivity contribution in [2.45, 2.75) is 32.0 Å². The minimum absolute atomic E-state index is 0.609. The average Bonchev–Trinajstić information content (AvgIpc) is 2.79. The van der Waals surface area contributed by atoms with Crippen LogP contribution in [0.4, 0.5) is 0 Å². The van der Waals surface area contributed by atoms with Crippen LogP contribution in [0, 0.1) is 0 Å². The Morgan fingerprint density at radius 1 is 1.44 bits per heavy atom. The van der Waals surface area contributed by atoms with E-state index >= 15 is 0 Å². The lowest BCUT2D eigenvalue weighted by atomic mass is 10.5. The summed E-state index contributed by atoms with van der Waals surface area (Å²) in [5.74, 6) is 1.68. The summed E-state index contributed by atoms with van der Waals surface area (Å²) in [7, 11) is 0. The molecule has 1 aliphatic carbocycles. The van der Waals surface area contributed by atoms with Gasteiger partial charge in [-0.1, -0.05) is 5.16 Å². The number of hydrogen-bond acceptors (Lipinski definition) is 5. The number of hydrogen-bond donors (Lipinski definition) is 1. The lowest BCUT2D eigenvalue weighted by Gasteiger charge is -2.05. The minimum Gasteiger partial charge on any atom is -0.343 e. The Bertz CT molecular complexity index is 445. The summed E-state index contributed by atoms with van der Waals surface area (Å²) in [4.78, 5) is 8.30. The average molecular weight is 219 g/mol. The van der Waals surface area contributed by atoms with Gasteiger partial charge in [-0.25, -0.2) is 4.98 Å². The third kappa shape index (κ3) is 2.11. The Morgan fingerprint density at radius 2 is 2.38 bits per heavy atom. The van der Waals surface area contributed by atoms with Crippen molar-refractivity contribution in [3.63, 3.8) is 0 Å². The Morgan fingerprint density at radius 3 is 3.12 bits per heavy atom. The van der Waals surface area contributed by atoms with Crippen molar-refractivity contribution < 1.29 is 4.52 Å². The lowest BCUT2D eigenvalue weighted by molar-refractivity contribution is 0.407. The highest BCUT2D eigenvalue weighted by Crippen LogP contribution is 2.19. The van der Waals surface area contributed by atoms with E-state index in [0.29, 0.717) is 18.4 Å². The maximum absolute atomic E-state index is 4.70. The molecule has 1 fully saturated rings. The molecule has 16 heavy (non-hydrogen) atoms. The van der Waals surface area contributed by atoms with E-state index in [4.69, 9.17) is 4.52 Å². The lowest BCUT2D eigenvalue weighted by Crippen LogP contribution is -2.19. The molecule has 0 aliphatic heterocycles. The Labute approximate surface area is 92.7 Å². The minimum atomic E-state index is 0.609. The van der Waals surface area contributed by atoms with Crippen LogP contribution in [0.15, 0.2) is 23.3 Å². The van der Waals surface area contributed by atoms with Crippen LogP contribution in [-0.4, -0.2) is 25.7 Å². The molecule has 2 aromatic heterocycles. The van der Waals surface area contributed by atoms with Crippen LogP contribution in [0.1, 0.15) is 24.5 Å². The monoisotopic (exact) mass is 219 g/mol. The third-order valence-corrected chi connectivity index (χ3v) is 2.65. The number of imidazole rings is 1. The molecule has 2 heterocycles. The molecule has 1 aliphatic rings. The summed E-state index contributed by atoms with van der Waals surface area (Å²) in [5.41, 5.74) is 0. The van der Waals surface area contributed by atoms with Gasteiger partial charge in [-0.05, 0) is 12.8 Å². The van der Waals surface area contributed by atoms with Crippen LogP contribution in [0.5, 0.6) is 0 Å². The first-order valence-electron chi connectivity index (χ1n) is 5.40. The molecular formula is C10H13N5O. The fourth-order valence-electron chi connectivity index (χ4n) is 1.59. The molecule has 2 aromatic rings. The Hall–Kier alpha value is -1.69. The molecule has 0 spiro atoms. The van der Waals surface area contributed by atoms with Crippen molar-refractivity contribution in [3.05, 3.63) is 30.4 Å². The number of rotatable bonds is 5. The zero-order valence-corrected chi connectivity index (χ0v) is 8.83. The van der Waals surface area contributed by atoms with Gasteiger partial charge in [0.25, 0.3) is 0 Å². The van der Waals surface area contributed by atoms with Crippen LogP contribution < -0.4 is 5.32 Å². The number of nitrogens with one attached hydrogen (secondary N) is 1. The molecule has 0 aromatic carbocycles. The summed E-state index contributed by atoms with van der Waals surface area (Å²) in [6.07, 6.45) is 7.63. The van der Waals surface area contributed by atoms with Gasteiger partial charge in [0.05, 0.1) is 13.1 Å². The summed E-state index contributed by atoms with van der Waals surface area (Å²) in [6.45, 7) is 1.41. The molecule has 1 saturated carbocycles. The van der Waals surface area contributed by atoms with Crippen LogP contribution in [-0.2, 0) is 13.1 Å². The largest absolute Gasteiger partial charge is 0.343 e. The SMILES string of the molecule is c1cn(Cc2ncon2)c(CNC2CC2)n1. The fourth-order valence-corrected chi connectivity index (χ4v) is 1.59. The van der Waals surface area contributed by atoms with E-state index in [1.54, 1.807) is 6.20 Å². The topological polar surface area (TPSA) is 68.8 Å². The zero-order valence-electron chi connectivity index (χ0n) is 8.83. The summed E-state index contributed by atoms with van der Waals surface area (Å²) in [6, 6.07) is 0.690. The molecule has 1 N–H and O–H groups in total. The molecule has 0 radical (unpaired) electrons. The van der Waals surface area contributed by atoms with Crippen LogP contribution in [0.3, 0.4) is 0 Å². The van der Waals surface area contributed by atoms with Gasteiger partial charge in [0, 0.05) is 18.4 Å². The molecule has 84 valence electrons. The van der Waals surface area contributed by atoms with E-state index in [9.17, 15) is 0 Å². The van der Waals surface area contributed by atoms with Gasteiger partial charge in [-0.3, -0.25) is 0 Å². The highest BCUT2D eigenvalue weighted by Gasteiger charge is 2.20. The van der Waals surface area contributed by atoms with Gasteiger partial charge in [0.1, 0.15) is 5.82 Å². The van der Waals surface area contributed by atoms with E-state index in [1.807, 2.05) is 10.8 Å². The van der Waals surface area contributed by atoms with E-state index < -0.39 is 0 Å². The Kier molecular flexibility index (Phi) is 2.41. The van der Waals surface area contributed by atoms with Crippen LogP contribution in [0.25, 0.3) is 0 Å². The molecule has 0 bridgehead atoms. The van der Waals surface area contributed by atoms with E-state index in [1.165, 1.54) is 19.2 Å². The van der Waals surface area contributed by atoms with Gasteiger partial charge in [0.15, 0.2) is 5.82 Å². The highest BCUT2D eigenvalue weighted by atomic mass is 16.5. The molecule has 0 atom stereocenters. The van der Waals surface area contributed by atoms with E-state index in [0.717, 1.165) is 12.4 Å². The number of nitrogens with zero attached hydrogens (tertiary/aromatic N) is 4. The maximum atomic E-state index is 4.70. The normalized spacial score (nSPS) is 15.5. The molecule has 0 unspecified atom stereocenters. The standard InChI is InChI=1S/C10H13N5O/c1-2-8(1)12-5-10-11-3-4-15(10)6-9-13-7-16-14-9/h3-4,7-8,12H,1-2,5-6H2. The molecule has 3 rings (SSSR count). The van der Waals surface area contributed by atoms with Crippen LogP contribution >= 0.6 is 0 Å². The number of aromatic nitrogens is 4. The summed E-state index contributed by atoms with van der Waals surface area (Å²) >= 11 is 0. The second-order valence-corrected chi connectivity index (χ2v) is 3.97. The van der Waals surface area contributed by atoms with Gasteiger partial charge in [-0.15, -0.1) is 0 Å². The van der Waals surface area contributed by atoms with Gasteiger partial charge >= 0.3 is 0 Å². The van der Waals surface area contributed by atoms with Crippen molar-refractivity contribution in [2.75, 3.05) is 0 Å². The molecule has 0 saturated heterocycles. The van der Waals surface area contributed by atoms with Crippen LogP contribution in [0.2, 0.25) is 0 Å². The van der Waals surface area contributed by atoms with Gasteiger partial charge < -0.3 is 14.4 Å².